The van der Waals surface area contributed by atoms with E-state index in [0.29, 0.717) is 24.2 Å². The number of ketones is 2. The van der Waals surface area contributed by atoms with Crippen LogP contribution in [0.2, 0.25) is 0 Å². The van der Waals surface area contributed by atoms with E-state index in [1.807, 2.05) is 50.2 Å². The predicted octanol–water partition coefficient (Wildman–Crippen LogP) is 4.57. The van der Waals surface area contributed by atoms with Crippen LogP contribution in [0.15, 0.2) is 48.8 Å². The van der Waals surface area contributed by atoms with Crippen molar-refractivity contribution in [1.82, 2.24) is 31.2 Å². The van der Waals surface area contributed by atoms with Gasteiger partial charge >= 0.3 is 24.3 Å². The summed E-state index contributed by atoms with van der Waals surface area (Å²) in [4.78, 5) is 73.6. The Balaban J connectivity index is 0.000000657. The molecule has 0 radical (unpaired) electrons. The molecule has 0 aliphatic rings. The summed E-state index contributed by atoms with van der Waals surface area (Å²) in [6.45, 7) is 8.04. The lowest BCUT2D eigenvalue weighted by atomic mass is 10.1. The Morgan fingerprint density at radius 3 is 1.20 bits per heavy atom. The fourth-order valence-corrected chi connectivity index (χ4v) is 4.97. The van der Waals surface area contributed by atoms with Crippen LogP contribution in [0, 0.1) is 13.8 Å². The first kappa shape index (κ1) is 46.4. The zero-order chi connectivity index (χ0) is 42.1. The first-order valence-electron chi connectivity index (χ1n) is 17.1. The van der Waals surface area contributed by atoms with Gasteiger partial charge in [0.25, 0.3) is 23.4 Å². The standard InChI is InChI=1S/C32H40N6O4.2C2HF3O2/c1-21-9-5-11-23-25(19-37-27(21)23)29(39)31(41)35-17-7-15-33-13-3-4-14-34-16-8-18-36-32(42)30(40)26-20-38-28-22(2)10-6-12-24(26)28;2*3-2(4,5)1(6)7/h5-6,9-12,19-20,33-34,37-38H,3-4,7-8,13-18H2,1-2H3,(H,35,41)(H,36,42);2*(H,6,7). The minimum absolute atomic E-state index is 0.397. The lowest BCUT2D eigenvalue weighted by molar-refractivity contribution is -0.193. The summed E-state index contributed by atoms with van der Waals surface area (Å²) in [6, 6.07) is 11.4. The van der Waals surface area contributed by atoms with Crippen LogP contribution in [0.1, 0.15) is 57.5 Å². The summed E-state index contributed by atoms with van der Waals surface area (Å²) in [5.41, 5.74) is 4.61. The Morgan fingerprint density at radius 1 is 0.554 bits per heavy atom. The highest BCUT2D eigenvalue weighted by Crippen LogP contribution is 2.23. The number of carbonyl (C=O) groups excluding carboxylic acids is 4. The van der Waals surface area contributed by atoms with Gasteiger partial charge in [-0.3, -0.25) is 19.2 Å². The Kier molecular flexibility index (Phi) is 18.2. The highest BCUT2D eigenvalue weighted by molar-refractivity contribution is 6.45. The highest BCUT2D eigenvalue weighted by atomic mass is 19.4. The number of amides is 2. The van der Waals surface area contributed by atoms with E-state index < -0.39 is 47.7 Å². The number of hydrogen-bond acceptors (Lipinski definition) is 8. The molecule has 0 bridgehead atoms. The maximum atomic E-state index is 12.5. The second kappa shape index (κ2) is 22.0. The molecule has 0 saturated carbocycles. The van der Waals surface area contributed by atoms with Gasteiger partial charge in [0.2, 0.25) is 0 Å². The third kappa shape index (κ3) is 14.8. The van der Waals surface area contributed by atoms with Crippen LogP contribution in [0.5, 0.6) is 0 Å². The first-order valence-corrected chi connectivity index (χ1v) is 17.1. The molecule has 14 nitrogen and oxygen atoms in total. The van der Waals surface area contributed by atoms with E-state index in [-0.39, 0.29) is 0 Å². The molecule has 2 aromatic heterocycles. The number of fused-ring (bicyclic) bond motifs is 2. The monoisotopic (exact) mass is 800 g/mol. The zero-order valence-electron chi connectivity index (χ0n) is 30.3. The van der Waals surface area contributed by atoms with Gasteiger partial charge in [0.15, 0.2) is 0 Å². The molecule has 0 fully saturated rings. The van der Waals surface area contributed by atoms with Crippen molar-refractivity contribution in [3.63, 3.8) is 0 Å². The second-order valence-corrected chi connectivity index (χ2v) is 12.1. The maximum Gasteiger partial charge on any atom is 0.490 e. The van der Waals surface area contributed by atoms with Crippen LogP contribution in [0.25, 0.3) is 21.8 Å². The second-order valence-electron chi connectivity index (χ2n) is 12.1. The van der Waals surface area contributed by atoms with Crippen molar-refractivity contribution in [2.75, 3.05) is 39.3 Å². The van der Waals surface area contributed by atoms with E-state index >= 15 is 0 Å². The Morgan fingerprint density at radius 2 is 0.875 bits per heavy atom. The van der Waals surface area contributed by atoms with E-state index in [0.717, 1.165) is 84.8 Å². The van der Waals surface area contributed by atoms with Gasteiger partial charge in [0.05, 0.1) is 11.1 Å². The maximum absolute atomic E-state index is 12.5. The Labute approximate surface area is 315 Å². The SMILES string of the molecule is Cc1cccc2c(C(=O)C(=O)NCCCNCCCCNCCCNC(=O)C(=O)c3c[nH]c4c(C)cccc34)c[nH]c12.O=C(O)C(F)(F)F.O=C(O)C(F)(F)F. The average molecular weight is 801 g/mol. The molecular weight excluding hydrogens is 758 g/mol. The number of rotatable bonds is 17. The molecule has 8 N–H and O–H groups in total. The number of unbranched alkanes of at least 4 members (excludes halogenated alkanes) is 1. The molecule has 0 atom stereocenters. The van der Waals surface area contributed by atoms with Crippen LogP contribution < -0.4 is 21.3 Å². The van der Waals surface area contributed by atoms with Gasteiger partial charge in [0.1, 0.15) is 0 Å². The summed E-state index contributed by atoms with van der Waals surface area (Å²) >= 11 is 0. The quantitative estimate of drug-likeness (QED) is 0.0322. The lowest BCUT2D eigenvalue weighted by Crippen LogP contribution is -2.33. The van der Waals surface area contributed by atoms with E-state index in [2.05, 4.69) is 31.2 Å². The van der Waals surface area contributed by atoms with E-state index in [1.165, 1.54) is 0 Å². The van der Waals surface area contributed by atoms with Gasteiger partial charge in [-0.1, -0.05) is 36.4 Å². The number of carboxylic acid groups (broad SMARTS) is 2. The summed E-state index contributed by atoms with van der Waals surface area (Å²) in [6.07, 6.45) is -3.48. The van der Waals surface area contributed by atoms with Crippen LogP contribution in [0.4, 0.5) is 26.3 Å². The number of aromatic amines is 2. The molecule has 2 amide bonds. The zero-order valence-corrected chi connectivity index (χ0v) is 30.3. The topological polar surface area (TPSA) is 223 Å². The van der Waals surface area contributed by atoms with Crippen LogP contribution >= 0.6 is 0 Å². The van der Waals surface area contributed by atoms with E-state index in [9.17, 15) is 45.5 Å². The van der Waals surface area contributed by atoms with Gasteiger partial charge in [-0.15, -0.1) is 0 Å². The molecular formula is C36H42F6N6O8. The fourth-order valence-electron chi connectivity index (χ4n) is 4.97. The van der Waals surface area contributed by atoms with E-state index in [4.69, 9.17) is 19.8 Å². The molecule has 20 heteroatoms. The van der Waals surface area contributed by atoms with Gasteiger partial charge in [-0.05, 0) is 76.8 Å². The number of Topliss-reactive ketones (excluding diaryl/α,β-unsaturated/α-hetero) is 2. The smallest absolute Gasteiger partial charge is 0.475 e. The van der Waals surface area contributed by atoms with Crippen molar-refractivity contribution < 1.29 is 65.3 Å². The molecule has 0 unspecified atom stereocenters. The molecule has 56 heavy (non-hydrogen) atoms. The number of carbonyl (C=O) groups is 6. The molecule has 4 aromatic rings. The number of aliphatic carboxylic acids is 2. The third-order valence-electron chi connectivity index (χ3n) is 7.82. The molecule has 0 aliphatic carbocycles. The van der Waals surface area contributed by atoms with Crippen molar-refractivity contribution in [1.29, 1.82) is 0 Å². The van der Waals surface area contributed by atoms with Crippen molar-refractivity contribution in [3.8, 4) is 0 Å². The van der Waals surface area contributed by atoms with E-state index in [1.54, 1.807) is 12.4 Å². The minimum Gasteiger partial charge on any atom is -0.475 e. The van der Waals surface area contributed by atoms with Crippen molar-refractivity contribution in [2.45, 2.75) is 51.9 Å². The van der Waals surface area contributed by atoms with Crippen LogP contribution in [-0.4, -0.2) is 107 Å². The van der Waals surface area contributed by atoms with Crippen LogP contribution in [0.3, 0.4) is 0 Å². The molecule has 0 saturated heterocycles. The van der Waals surface area contributed by atoms with Crippen molar-refractivity contribution >= 4 is 57.1 Å². The summed E-state index contributed by atoms with van der Waals surface area (Å²) < 4.78 is 63.5. The Bertz CT molecular complexity index is 1830. The van der Waals surface area contributed by atoms with Gasteiger partial charge in [0, 0.05) is 47.3 Å². The molecule has 2 heterocycles. The molecule has 4 rings (SSSR count). The van der Waals surface area contributed by atoms with Crippen molar-refractivity contribution in [3.05, 3.63) is 71.0 Å². The van der Waals surface area contributed by atoms with Crippen LogP contribution in [-0.2, 0) is 19.2 Å². The predicted molar refractivity (Wildman–Crippen MR) is 192 cm³/mol. The molecule has 0 aliphatic heterocycles. The molecule has 2 aromatic carbocycles. The van der Waals surface area contributed by atoms with Gasteiger partial charge in [-0.2, -0.15) is 26.3 Å². The first-order chi connectivity index (χ1) is 26.3. The largest absolute Gasteiger partial charge is 0.490 e. The van der Waals surface area contributed by atoms with Gasteiger partial charge < -0.3 is 41.4 Å². The Hall–Kier alpha value is -5.76. The number of aromatic nitrogens is 2. The number of alkyl halides is 6. The number of aryl methyl sites for hydroxylation is 2. The summed E-state index contributed by atoms with van der Waals surface area (Å²) in [7, 11) is 0. The lowest BCUT2D eigenvalue weighted by Gasteiger charge is -2.08. The number of H-pyrrole nitrogens is 2. The number of nitrogens with one attached hydrogen (secondary N) is 6. The normalized spacial score (nSPS) is 11.2. The highest BCUT2D eigenvalue weighted by Gasteiger charge is 2.39. The minimum atomic E-state index is -5.08. The number of hydrogen-bond donors (Lipinski definition) is 8. The number of para-hydroxylation sites is 2. The fraction of sp³-hybridized carbons (Fsp3) is 0.389. The average Bonchev–Trinajstić information content (AvgIpc) is 3.77. The van der Waals surface area contributed by atoms with Crippen molar-refractivity contribution in [2.24, 2.45) is 0 Å². The molecule has 306 valence electrons. The molecule has 0 spiro atoms. The third-order valence-corrected chi connectivity index (χ3v) is 7.82. The number of halogens is 6. The van der Waals surface area contributed by atoms with Gasteiger partial charge in [-0.25, -0.2) is 9.59 Å². The number of carboxylic acids is 2. The summed E-state index contributed by atoms with van der Waals surface area (Å²) in [5.74, 6) is -7.73. The number of benzene rings is 2. The summed E-state index contributed by atoms with van der Waals surface area (Å²) in [5, 5.41) is 27.9.